The van der Waals surface area contributed by atoms with Crippen LogP contribution in [0.4, 0.5) is 0 Å². The lowest BCUT2D eigenvalue weighted by molar-refractivity contribution is -0.136. The molecule has 0 aliphatic heterocycles. The zero-order chi connectivity index (χ0) is 15.3. The number of carbonyl (C=O) groups excluding carboxylic acids is 1. The summed E-state index contributed by atoms with van der Waals surface area (Å²) < 4.78 is 5.53. The molecule has 1 aromatic rings. The van der Waals surface area contributed by atoms with Gasteiger partial charge in [-0.2, -0.15) is 0 Å². The van der Waals surface area contributed by atoms with Gasteiger partial charge in [0.1, 0.15) is 5.75 Å². The third-order valence-electron chi connectivity index (χ3n) is 3.15. The molecule has 0 heterocycles. The number of nitrogens with zero attached hydrogens (tertiary/aromatic N) is 1. The highest BCUT2D eigenvalue weighted by Gasteiger charge is 2.21. The van der Waals surface area contributed by atoms with E-state index in [2.05, 4.69) is 0 Å². The molecule has 1 amide bonds. The average molecular weight is 279 g/mol. The standard InChI is InChI=1S/C16H25NO3/c1-6-17(11-16(4,5)19)15(18)10-20-14-8-7-12(2)13(3)9-14/h7-9,19H,6,10-11H2,1-5H3. The summed E-state index contributed by atoms with van der Waals surface area (Å²) in [5, 5.41) is 9.79. The lowest BCUT2D eigenvalue weighted by Crippen LogP contribution is -2.44. The first-order chi connectivity index (χ1) is 9.23. The van der Waals surface area contributed by atoms with Gasteiger partial charge in [-0.05, 0) is 57.9 Å². The molecule has 1 N–H and O–H groups in total. The molecule has 0 bridgehead atoms. The molecule has 0 unspecified atom stereocenters. The van der Waals surface area contributed by atoms with E-state index in [1.165, 1.54) is 5.56 Å². The van der Waals surface area contributed by atoms with E-state index in [0.29, 0.717) is 18.8 Å². The average Bonchev–Trinajstić information content (AvgIpc) is 2.36. The molecule has 1 rings (SSSR count). The molecule has 0 atom stereocenters. The van der Waals surface area contributed by atoms with E-state index in [1.807, 2.05) is 39.0 Å². The molecule has 0 saturated carbocycles. The maximum atomic E-state index is 12.1. The van der Waals surface area contributed by atoms with E-state index in [9.17, 15) is 9.90 Å². The zero-order valence-electron chi connectivity index (χ0n) is 13.1. The van der Waals surface area contributed by atoms with Crippen LogP contribution in [0.25, 0.3) is 0 Å². The number of amides is 1. The highest BCUT2D eigenvalue weighted by Crippen LogP contribution is 2.16. The van der Waals surface area contributed by atoms with Crippen LogP contribution in [0, 0.1) is 13.8 Å². The molecule has 112 valence electrons. The van der Waals surface area contributed by atoms with Crippen LogP contribution in [-0.2, 0) is 4.79 Å². The quantitative estimate of drug-likeness (QED) is 0.869. The van der Waals surface area contributed by atoms with Gasteiger partial charge in [0, 0.05) is 13.1 Å². The minimum atomic E-state index is -0.897. The van der Waals surface area contributed by atoms with Gasteiger partial charge in [-0.15, -0.1) is 0 Å². The van der Waals surface area contributed by atoms with Gasteiger partial charge in [0.2, 0.25) is 0 Å². The number of rotatable bonds is 6. The van der Waals surface area contributed by atoms with E-state index in [-0.39, 0.29) is 12.5 Å². The molecule has 20 heavy (non-hydrogen) atoms. The predicted molar refractivity (Wildman–Crippen MR) is 80.0 cm³/mol. The van der Waals surface area contributed by atoms with Crippen molar-refractivity contribution in [1.82, 2.24) is 4.90 Å². The molecule has 0 fully saturated rings. The topological polar surface area (TPSA) is 49.8 Å². The summed E-state index contributed by atoms with van der Waals surface area (Å²) in [6.45, 7) is 10.2. The second-order valence-corrected chi connectivity index (χ2v) is 5.76. The van der Waals surface area contributed by atoms with E-state index >= 15 is 0 Å². The third-order valence-corrected chi connectivity index (χ3v) is 3.15. The summed E-state index contributed by atoms with van der Waals surface area (Å²) in [6.07, 6.45) is 0. The summed E-state index contributed by atoms with van der Waals surface area (Å²) in [7, 11) is 0. The van der Waals surface area contributed by atoms with Gasteiger partial charge in [0.25, 0.3) is 5.91 Å². The highest BCUT2D eigenvalue weighted by molar-refractivity contribution is 5.77. The molecule has 4 heteroatoms. The summed E-state index contributed by atoms with van der Waals surface area (Å²) >= 11 is 0. The Morgan fingerprint density at radius 3 is 2.45 bits per heavy atom. The summed E-state index contributed by atoms with van der Waals surface area (Å²) in [5.74, 6) is 0.577. The fourth-order valence-electron chi connectivity index (χ4n) is 1.88. The fourth-order valence-corrected chi connectivity index (χ4v) is 1.88. The molecule has 0 spiro atoms. The van der Waals surface area contributed by atoms with Crippen molar-refractivity contribution >= 4 is 5.91 Å². The van der Waals surface area contributed by atoms with Gasteiger partial charge in [-0.25, -0.2) is 0 Å². The van der Waals surface area contributed by atoms with Crippen LogP contribution in [0.1, 0.15) is 31.9 Å². The van der Waals surface area contributed by atoms with Crippen molar-refractivity contribution in [3.8, 4) is 5.75 Å². The Morgan fingerprint density at radius 2 is 1.95 bits per heavy atom. The number of aliphatic hydroxyl groups is 1. The second-order valence-electron chi connectivity index (χ2n) is 5.76. The van der Waals surface area contributed by atoms with Crippen LogP contribution in [0.5, 0.6) is 5.75 Å². The molecule has 0 radical (unpaired) electrons. The molecule has 0 saturated heterocycles. The number of carbonyl (C=O) groups is 1. The Kier molecular flexibility index (Phi) is 5.57. The van der Waals surface area contributed by atoms with Crippen molar-refractivity contribution in [2.45, 2.75) is 40.2 Å². The van der Waals surface area contributed by atoms with Crippen molar-refractivity contribution in [3.63, 3.8) is 0 Å². The number of likely N-dealkylation sites (N-methyl/N-ethyl adjacent to an activating group) is 1. The van der Waals surface area contributed by atoms with E-state index in [1.54, 1.807) is 18.7 Å². The highest BCUT2D eigenvalue weighted by atomic mass is 16.5. The van der Waals surface area contributed by atoms with Crippen molar-refractivity contribution in [3.05, 3.63) is 29.3 Å². The van der Waals surface area contributed by atoms with Crippen LogP contribution < -0.4 is 4.74 Å². The van der Waals surface area contributed by atoms with Crippen molar-refractivity contribution in [1.29, 1.82) is 0 Å². The first-order valence-electron chi connectivity index (χ1n) is 6.93. The van der Waals surface area contributed by atoms with Gasteiger partial charge in [0.15, 0.2) is 6.61 Å². The van der Waals surface area contributed by atoms with Gasteiger partial charge in [-0.1, -0.05) is 6.07 Å². The van der Waals surface area contributed by atoms with Crippen LogP contribution in [0.15, 0.2) is 18.2 Å². The minimum Gasteiger partial charge on any atom is -0.484 e. The lowest BCUT2D eigenvalue weighted by Gasteiger charge is -2.28. The Balaban J connectivity index is 2.59. The molecule has 0 aromatic heterocycles. The van der Waals surface area contributed by atoms with Crippen molar-refractivity contribution < 1.29 is 14.6 Å². The van der Waals surface area contributed by atoms with Crippen LogP contribution in [-0.4, -0.2) is 41.2 Å². The number of hydrogen-bond donors (Lipinski definition) is 1. The number of aryl methyl sites for hydroxylation is 2. The second kappa shape index (κ2) is 6.75. The SMILES string of the molecule is CCN(CC(C)(C)O)C(=O)COc1ccc(C)c(C)c1. The van der Waals surface area contributed by atoms with Gasteiger partial charge in [0.05, 0.1) is 5.60 Å². The Bertz CT molecular complexity index is 463. The molecular formula is C16H25NO3. The fraction of sp³-hybridized carbons (Fsp3) is 0.562. The molecule has 0 aliphatic rings. The molecular weight excluding hydrogens is 254 g/mol. The Morgan fingerprint density at radius 1 is 1.30 bits per heavy atom. The van der Waals surface area contributed by atoms with Crippen LogP contribution >= 0.6 is 0 Å². The summed E-state index contributed by atoms with van der Waals surface area (Å²) in [4.78, 5) is 13.7. The predicted octanol–water partition coefficient (Wildman–Crippen LogP) is 2.30. The first kappa shape index (κ1) is 16.5. The molecule has 1 aromatic carbocycles. The van der Waals surface area contributed by atoms with Crippen molar-refractivity contribution in [2.24, 2.45) is 0 Å². The third kappa shape index (κ3) is 5.21. The van der Waals surface area contributed by atoms with Gasteiger partial charge >= 0.3 is 0 Å². The monoisotopic (exact) mass is 279 g/mol. The summed E-state index contributed by atoms with van der Waals surface area (Å²) in [6, 6.07) is 5.76. The zero-order valence-corrected chi connectivity index (χ0v) is 13.1. The normalized spacial score (nSPS) is 11.3. The lowest BCUT2D eigenvalue weighted by atomic mass is 10.1. The first-order valence-corrected chi connectivity index (χ1v) is 6.93. The van der Waals surface area contributed by atoms with Crippen LogP contribution in [0.3, 0.4) is 0 Å². The Hall–Kier alpha value is -1.55. The van der Waals surface area contributed by atoms with Crippen molar-refractivity contribution in [2.75, 3.05) is 19.7 Å². The molecule has 4 nitrogen and oxygen atoms in total. The van der Waals surface area contributed by atoms with Crippen LogP contribution in [0.2, 0.25) is 0 Å². The van der Waals surface area contributed by atoms with E-state index in [4.69, 9.17) is 4.74 Å². The van der Waals surface area contributed by atoms with Gasteiger partial charge < -0.3 is 14.7 Å². The minimum absolute atomic E-state index is 0.00752. The van der Waals surface area contributed by atoms with E-state index in [0.717, 1.165) is 5.56 Å². The number of hydrogen-bond acceptors (Lipinski definition) is 3. The number of benzene rings is 1. The maximum absolute atomic E-state index is 12.1. The number of ether oxygens (including phenoxy) is 1. The smallest absolute Gasteiger partial charge is 0.260 e. The summed E-state index contributed by atoms with van der Waals surface area (Å²) in [5.41, 5.74) is 1.44. The Labute approximate surface area is 121 Å². The van der Waals surface area contributed by atoms with Gasteiger partial charge in [-0.3, -0.25) is 4.79 Å². The largest absolute Gasteiger partial charge is 0.484 e. The maximum Gasteiger partial charge on any atom is 0.260 e. The van der Waals surface area contributed by atoms with E-state index < -0.39 is 5.60 Å². The molecule has 0 aliphatic carbocycles.